The molecule has 0 aliphatic rings. The van der Waals surface area contributed by atoms with Crippen LogP contribution in [0.2, 0.25) is 10.0 Å². The van der Waals surface area contributed by atoms with Gasteiger partial charge in [0.1, 0.15) is 18.8 Å². The van der Waals surface area contributed by atoms with Crippen molar-refractivity contribution in [2.45, 2.75) is 19.6 Å². The predicted octanol–water partition coefficient (Wildman–Crippen LogP) is 2.70. The zero-order valence-electron chi connectivity index (χ0n) is 10.6. The fraction of sp³-hybridized carbons (Fsp3) is 0.286. The van der Waals surface area contributed by atoms with E-state index in [1.807, 2.05) is 29.6 Å². The van der Waals surface area contributed by atoms with E-state index in [1.165, 1.54) is 0 Å². The molecular weight excluding hydrogens is 285 g/mol. The number of benzene rings is 1. The number of aliphatic hydroxyl groups excluding tert-OH is 1. The lowest BCUT2D eigenvalue weighted by Gasteiger charge is -2.02. The summed E-state index contributed by atoms with van der Waals surface area (Å²) in [6.07, 6.45) is -0.318. The maximum absolute atomic E-state index is 9.18. The van der Waals surface area contributed by atoms with Gasteiger partial charge in [0, 0.05) is 15.6 Å². The Morgan fingerprint density at radius 1 is 1.21 bits per heavy atom. The molecule has 19 heavy (non-hydrogen) atoms. The first-order valence-electron chi connectivity index (χ1n) is 6.09. The second-order valence-electron chi connectivity index (χ2n) is 4.50. The number of rotatable bonds is 5. The third kappa shape index (κ3) is 4.25. The largest absolute Gasteiger partial charge is 0.455 e. The van der Waals surface area contributed by atoms with Gasteiger partial charge in [-0.05, 0) is 37.3 Å². The van der Waals surface area contributed by atoms with Gasteiger partial charge in [-0.2, -0.15) is 0 Å². The number of aliphatic hydroxyl groups is 1. The lowest BCUT2D eigenvalue weighted by atomic mass is 10.2. The van der Waals surface area contributed by atoms with Crippen molar-refractivity contribution in [2.75, 3.05) is 6.54 Å². The van der Waals surface area contributed by atoms with Crippen molar-refractivity contribution in [3.8, 4) is 11.3 Å². The Morgan fingerprint density at radius 3 is 2.53 bits per heavy atom. The molecule has 102 valence electrons. The molecular formula is C14H16Cl2NO2+. The van der Waals surface area contributed by atoms with Crippen molar-refractivity contribution in [3.05, 3.63) is 46.1 Å². The molecule has 0 aliphatic heterocycles. The summed E-state index contributed by atoms with van der Waals surface area (Å²) in [6.45, 7) is 3.11. The molecule has 0 saturated carbocycles. The third-order valence-electron chi connectivity index (χ3n) is 2.66. The van der Waals surface area contributed by atoms with Crippen molar-refractivity contribution in [1.82, 2.24) is 0 Å². The Morgan fingerprint density at radius 2 is 1.89 bits per heavy atom. The molecule has 0 bridgehead atoms. The summed E-state index contributed by atoms with van der Waals surface area (Å²) < 4.78 is 5.73. The van der Waals surface area contributed by atoms with Crippen LogP contribution in [-0.4, -0.2) is 17.8 Å². The first-order chi connectivity index (χ1) is 9.04. The van der Waals surface area contributed by atoms with Gasteiger partial charge in [0.2, 0.25) is 0 Å². The van der Waals surface area contributed by atoms with Crippen molar-refractivity contribution in [3.63, 3.8) is 0 Å². The third-order valence-corrected chi connectivity index (χ3v) is 3.10. The summed E-state index contributed by atoms with van der Waals surface area (Å²) >= 11 is 11.9. The molecule has 1 aromatic carbocycles. The SMILES string of the molecule is C[C@@H](O)C[NH2+]Cc1ccc(-c2cc(Cl)cc(Cl)c2)o1. The minimum atomic E-state index is -0.318. The zero-order chi connectivity index (χ0) is 13.8. The standard InChI is InChI=1S/C14H15Cl2NO2/c1-9(18)7-17-8-13-2-3-14(19-13)10-4-11(15)6-12(16)5-10/h2-6,9,17-18H,7-8H2,1H3/p+1/t9-/m1/s1. The summed E-state index contributed by atoms with van der Waals surface area (Å²) in [5, 5.41) is 12.4. The Balaban J connectivity index is 2.07. The molecule has 5 heteroatoms. The Labute approximate surface area is 122 Å². The van der Waals surface area contributed by atoms with Gasteiger partial charge < -0.3 is 14.8 Å². The highest BCUT2D eigenvalue weighted by molar-refractivity contribution is 6.35. The molecule has 3 nitrogen and oxygen atoms in total. The van der Waals surface area contributed by atoms with E-state index >= 15 is 0 Å². The monoisotopic (exact) mass is 300 g/mol. The lowest BCUT2D eigenvalue weighted by molar-refractivity contribution is -0.677. The Hall–Kier alpha value is -1.00. The topological polar surface area (TPSA) is 50.0 Å². The van der Waals surface area contributed by atoms with Crippen LogP contribution < -0.4 is 5.32 Å². The molecule has 1 atom stereocenters. The summed E-state index contributed by atoms with van der Waals surface area (Å²) in [6, 6.07) is 9.13. The lowest BCUT2D eigenvalue weighted by Crippen LogP contribution is -2.84. The second-order valence-corrected chi connectivity index (χ2v) is 5.37. The van der Waals surface area contributed by atoms with Crippen LogP contribution in [-0.2, 0) is 6.54 Å². The number of halogens is 2. The normalized spacial score (nSPS) is 12.6. The van der Waals surface area contributed by atoms with Crippen LogP contribution in [0.3, 0.4) is 0 Å². The molecule has 0 amide bonds. The molecule has 0 saturated heterocycles. The quantitative estimate of drug-likeness (QED) is 0.892. The van der Waals surface area contributed by atoms with Crippen molar-refractivity contribution in [1.29, 1.82) is 0 Å². The van der Waals surface area contributed by atoms with E-state index in [0.717, 1.165) is 17.1 Å². The highest BCUT2D eigenvalue weighted by atomic mass is 35.5. The van der Waals surface area contributed by atoms with E-state index in [4.69, 9.17) is 27.6 Å². The molecule has 3 N–H and O–H groups in total. The van der Waals surface area contributed by atoms with Gasteiger partial charge >= 0.3 is 0 Å². The van der Waals surface area contributed by atoms with E-state index in [2.05, 4.69) is 0 Å². The van der Waals surface area contributed by atoms with Gasteiger partial charge in [-0.3, -0.25) is 0 Å². The molecule has 0 aliphatic carbocycles. The second kappa shape index (κ2) is 6.44. The number of hydrogen-bond acceptors (Lipinski definition) is 2. The molecule has 0 spiro atoms. The molecule has 1 heterocycles. The van der Waals surface area contributed by atoms with Crippen LogP contribution in [0.5, 0.6) is 0 Å². The van der Waals surface area contributed by atoms with Crippen LogP contribution in [0.1, 0.15) is 12.7 Å². The number of furan rings is 1. The highest BCUT2D eigenvalue weighted by Gasteiger charge is 2.08. The van der Waals surface area contributed by atoms with E-state index in [0.29, 0.717) is 23.1 Å². The summed E-state index contributed by atoms with van der Waals surface area (Å²) in [5.74, 6) is 1.59. The highest BCUT2D eigenvalue weighted by Crippen LogP contribution is 2.28. The van der Waals surface area contributed by atoms with E-state index in [1.54, 1.807) is 13.0 Å². The molecule has 1 aromatic heterocycles. The average molecular weight is 301 g/mol. The van der Waals surface area contributed by atoms with Crippen LogP contribution in [0.25, 0.3) is 11.3 Å². The molecule has 0 fully saturated rings. The number of quaternary nitrogens is 1. The average Bonchev–Trinajstić information content (AvgIpc) is 2.76. The Bertz CT molecular complexity index is 532. The van der Waals surface area contributed by atoms with Crippen LogP contribution in [0.15, 0.2) is 34.7 Å². The van der Waals surface area contributed by atoms with Crippen LogP contribution >= 0.6 is 23.2 Å². The molecule has 0 unspecified atom stereocenters. The number of nitrogens with two attached hydrogens (primary N) is 1. The van der Waals surface area contributed by atoms with E-state index in [9.17, 15) is 5.11 Å². The minimum Gasteiger partial charge on any atom is -0.455 e. The van der Waals surface area contributed by atoms with Gasteiger partial charge in [0.15, 0.2) is 5.76 Å². The maximum atomic E-state index is 9.18. The summed E-state index contributed by atoms with van der Waals surface area (Å²) in [4.78, 5) is 0. The van der Waals surface area contributed by atoms with E-state index < -0.39 is 0 Å². The molecule has 2 aromatic rings. The van der Waals surface area contributed by atoms with Gasteiger partial charge in [-0.25, -0.2) is 0 Å². The maximum Gasteiger partial charge on any atom is 0.158 e. The van der Waals surface area contributed by atoms with Crippen LogP contribution in [0.4, 0.5) is 0 Å². The first-order valence-corrected chi connectivity index (χ1v) is 6.85. The van der Waals surface area contributed by atoms with Crippen LogP contribution in [0, 0.1) is 0 Å². The summed E-state index contributed by atoms with van der Waals surface area (Å²) in [7, 11) is 0. The van der Waals surface area contributed by atoms with Crippen molar-refractivity contribution in [2.24, 2.45) is 0 Å². The fourth-order valence-electron chi connectivity index (χ4n) is 1.81. The van der Waals surface area contributed by atoms with Crippen molar-refractivity contribution < 1.29 is 14.8 Å². The molecule has 0 radical (unpaired) electrons. The number of hydrogen-bond donors (Lipinski definition) is 2. The minimum absolute atomic E-state index is 0.318. The zero-order valence-corrected chi connectivity index (χ0v) is 12.1. The smallest absolute Gasteiger partial charge is 0.158 e. The van der Waals surface area contributed by atoms with E-state index in [-0.39, 0.29) is 6.10 Å². The predicted molar refractivity (Wildman–Crippen MR) is 76.3 cm³/mol. The first kappa shape index (κ1) is 14.4. The van der Waals surface area contributed by atoms with Gasteiger partial charge in [0.25, 0.3) is 0 Å². The fourth-order valence-corrected chi connectivity index (χ4v) is 2.33. The van der Waals surface area contributed by atoms with Gasteiger partial charge in [-0.15, -0.1) is 0 Å². The molecule has 2 rings (SSSR count). The Kier molecular flexibility index (Phi) is 4.88. The van der Waals surface area contributed by atoms with Crippen molar-refractivity contribution >= 4 is 23.2 Å². The summed E-state index contributed by atoms with van der Waals surface area (Å²) in [5.41, 5.74) is 0.860. The van der Waals surface area contributed by atoms with Gasteiger partial charge in [-0.1, -0.05) is 23.2 Å². The van der Waals surface area contributed by atoms with Gasteiger partial charge in [0.05, 0.1) is 6.10 Å².